The molecule has 1 aromatic carbocycles. The summed E-state index contributed by atoms with van der Waals surface area (Å²) < 4.78 is 23.8. The Morgan fingerprint density at radius 3 is 3.00 bits per heavy atom. The summed E-state index contributed by atoms with van der Waals surface area (Å²) in [5, 5.41) is 10.8. The number of carbonyl (C=O) groups excluding carboxylic acids is 1. The average molecular weight is 293 g/mol. The predicted octanol–water partition coefficient (Wildman–Crippen LogP) is 2.06. The minimum Gasteiger partial charge on any atom is -0.464 e. The summed E-state index contributed by atoms with van der Waals surface area (Å²) in [5.74, 6) is -0.820. The number of halogens is 1. The van der Waals surface area contributed by atoms with Gasteiger partial charge in [-0.3, -0.25) is 0 Å². The van der Waals surface area contributed by atoms with Gasteiger partial charge in [-0.15, -0.1) is 0 Å². The van der Waals surface area contributed by atoms with E-state index in [9.17, 15) is 14.3 Å². The SMILES string of the molecule is CCOC(=O)C1(CC(O)c2ccc(F)c3cc[nH]c23)CO1. The molecule has 1 aliphatic heterocycles. The highest BCUT2D eigenvalue weighted by molar-refractivity contribution is 5.84. The molecule has 0 spiro atoms. The molecule has 2 heterocycles. The van der Waals surface area contributed by atoms with Crippen LogP contribution in [0.4, 0.5) is 4.39 Å². The molecule has 0 bridgehead atoms. The number of aromatic amines is 1. The fourth-order valence-electron chi connectivity index (χ4n) is 2.51. The number of aliphatic hydroxyl groups excluding tert-OH is 1. The Hall–Kier alpha value is -1.92. The zero-order valence-corrected chi connectivity index (χ0v) is 11.6. The number of aromatic nitrogens is 1. The van der Waals surface area contributed by atoms with E-state index in [1.807, 2.05) is 0 Å². The fraction of sp³-hybridized carbons (Fsp3) is 0.400. The van der Waals surface area contributed by atoms with Gasteiger partial charge >= 0.3 is 5.97 Å². The standard InChI is InChI=1S/C15H16FNO4/c1-2-20-14(19)15(8-21-15)7-12(18)10-3-4-11(16)9-5-6-17-13(9)10/h3-6,12,17-18H,2,7-8H2,1H3. The van der Waals surface area contributed by atoms with Crippen LogP contribution in [-0.2, 0) is 14.3 Å². The number of hydrogen-bond donors (Lipinski definition) is 2. The lowest BCUT2D eigenvalue weighted by Crippen LogP contribution is -2.29. The molecule has 6 heteroatoms. The number of nitrogens with one attached hydrogen (secondary N) is 1. The van der Waals surface area contributed by atoms with Gasteiger partial charge in [-0.1, -0.05) is 6.07 Å². The van der Waals surface area contributed by atoms with Crippen molar-refractivity contribution in [3.63, 3.8) is 0 Å². The van der Waals surface area contributed by atoms with Gasteiger partial charge in [-0.2, -0.15) is 0 Å². The van der Waals surface area contributed by atoms with Crippen molar-refractivity contribution >= 4 is 16.9 Å². The predicted molar refractivity (Wildman–Crippen MR) is 73.1 cm³/mol. The van der Waals surface area contributed by atoms with E-state index in [0.717, 1.165) is 0 Å². The summed E-state index contributed by atoms with van der Waals surface area (Å²) in [6.45, 7) is 2.21. The molecular weight excluding hydrogens is 277 g/mol. The molecule has 2 aromatic rings. The van der Waals surface area contributed by atoms with Gasteiger partial charge in [0.05, 0.1) is 24.8 Å². The van der Waals surface area contributed by atoms with Crippen LogP contribution in [0.5, 0.6) is 0 Å². The Labute approximate surface area is 120 Å². The van der Waals surface area contributed by atoms with Crippen molar-refractivity contribution in [3.8, 4) is 0 Å². The maximum atomic E-state index is 13.6. The first kappa shape index (κ1) is 14.0. The van der Waals surface area contributed by atoms with Crippen molar-refractivity contribution in [1.82, 2.24) is 4.98 Å². The molecule has 21 heavy (non-hydrogen) atoms. The van der Waals surface area contributed by atoms with Crippen molar-refractivity contribution in [2.24, 2.45) is 0 Å². The van der Waals surface area contributed by atoms with E-state index in [1.54, 1.807) is 19.2 Å². The van der Waals surface area contributed by atoms with Gasteiger partial charge in [0.1, 0.15) is 5.82 Å². The number of H-pyrrole nitrogens is 1. The zero-order valence-electron chi connectivity index (χ0n) is 11.6. The van der Waals surface area contributed by atoms with Gasteiger partial charge < -0.3 is 19.6 Å². The number of epoxide rings is 1. The Morgan fingerprint density at radius 1 is 1.57 bits per heavy atom. The van der Waals surface area contributed by atoms with Gasteiger partial charge in [0.25, 0.3) is 0 Å². The molecular formula is C15H16FNO4. The monoisotopic (exact) mass is 293 g/mol. The first-order valence-electron chi connectivity index (χ1n) is 6.82. The van der Waals surface area contributed by atoms with Gasteiger partial charge in [0.2, 0.25) is 0 Å². The lowest BCUT2D eigenvalue weighted by Gasteiger charge is -2.16. The normalized spacial score (nSPS) is 22.2. The molecule has 2 atom stereocenters. The van der Waals surface area contributed by atoms with Crippen LogP contribution in [0.3, 0.4) is 0 Å². The second-order valence-electron chi connectivity index (χ2n) is 5.13. The molecule has 1 saturated heterocycles. The third kappa shape index (κ3) is 2.41. The second kappa shape index (κ2) is 5.13. The Balaban J connectivity index is 1.85. The number of benzene rings is 1. The number of ether oxygens (including phenoxy) is 2. The van der Waals surface area contributed by atoms with E-state index in [0.29, 0.717) is 16.5 Å². The lowest BCUT2D eigenvalue weighted by atomic mass is 9.96. The van der Waals surface area contributed by atoms with Crippen molar-refractivity contribution in [2.45, 2.75) is 25.0 Å². The van der Waals surface area contributed by atoms with Gasteiger partial charge in [-0.05, 0) is 19.1 Å². The molecule has 3 rings (SSSR count). The van der Waals surface area contributed by atoms with Gasteiger partial charge in [0, 0.05) is 23.6 Å². The fourth-order valence-corrected chi connectivity index (χ4v) is 2.51. The number of aliphatic hydroxyl groups is 1. The minimum atomic E-state index is -1.07. The van der Waals surface area contributed by atoms with Crippen LogP contribution < -0.4 is 0 Å². The summed E-state index contributed by atoms with van der Waals surface area (Å²) in [6, 6.07) is 4.43. The Morgan fingerprint density at radius 2 is 2.33 bits per heavy atom. The van der Waals surface area contributed by atoms with Crippen LogP contribution in [0, 0.1) is 5.82 Å². The summed E-state index contributed by atoms with van der Waals surface area (Å²) in [5.41, 5.74) is 0.000608. The van der Waals surface area contributed by atoms with Crippen molar-refractivity contribution in [1.29, 1.82) is 0 Å². The van der Waals surface area contributed by atoms with Crippen LogP contribution in [0.1, 0.15) is 25.0 Å². The molecule has 0 amide bonds. The van der Waals surface area contributed by atoms with E-state index >= 15 is 0 Å². The maximum Gasteiger partial charge on any atom is 0.340 e. The highest BCUT2D eigenvalue weighted by Crippen LogP contribution is 2.39. The first-order valence-corrected chi connectivity index (χ1v) is 6.82. The Kier molecular flexibility index (Phi) is 3.43. The number of hydrogen-bond acceptors (Lipinski definition) is 4. The summed E-state index contributed by atoms with van der Waals surface area (Å²) >= 11 is 0. The third-order valence-corrected chi connectivity index (χ3v) is 3.72. The smallest absolute Gasteiger partial charge is 0.340 e. The maximum absolute atomic E-state index is 13.6. The van der Waals surface area contributed by atoms with E-state index < -0.39 is 17.7 Å². The quantitative estimate of drug-likeness (QED) is 0.653. The molecule has 2 unspecified atom stereocenters. The molecule has 1 aliphatic rings. The molecule has 0 aliphatic carbocycles. The number of fused-ring (bicyclic) bond motifs is 1. The van der Waals surface area contributed by atoms with Crippen LogP contribution in [0.25, 0.3) is 10.9 Å². The highest BCUT2D eigenvalue weighted by atomic mass is 19.1. The third-order valence-electron chi connectivity index (χ3n) is 3.72. The average Bonchev–Trinajstić information content (AvgIpc) is 3.06. The number of esters is 1. The lowest BCUT2D eigenvalue weighted by molar-refractivity contribution is -0.150. The van der Waals surface area contributed by atoms with Crippen molar-refractivity contribution in [3.05, 3.63) is 35.8 Å². The molecule has 2 N–H and O–H groups in total. The number of rotatable bonds is 5. The molecule has 5 nitrogen and oxygen atoms in total. The first-order chi connectivity index (χ1) is 10.1. The largest absolute Gasteiger partial charge is 0.464 e. The van der Waals surface area contributed by atoms with Crippen molar-refractivity contribution in [2.75, 3.05) is 13.2 Å². The van der Waals surface area contributed by atoms with Gasteiger partial charge in [-0.25, -0.2) is 9.18 Å². The topological polar surface area (TPSA) is 74.8 Å². The van der Waals surface area contributed by atoms with E-state index in [2.05, 4.69) is 4.98 Å². The molecule has 0 radical (unpaired) electrons. The van der Waals surface area contributed by atoms with E-state index in [1.165, 1.54) is 12.1 Å². The van der Waals surface area contributed by atoms with E-state index in [4.69, 9.17) is 9.47 Å². The highest BCUT2D eigenvalue weighted by Gasteiger charge is 2.55. The summed E-state index contributed by atoms with van der Waals surface area (Å²) in [6.07, 6.45) is 0.753. The van der Waals surface area contributed by atoms with Gasteiger partial charge in [0.15, 0.2) is 5.60 Å². The van der Waals surface area contributed by atoms with Crippen molar-refractivity contribution < 1.29 is 23.8 Å². The van der Waals surface area contributed by atoms with Crippen LogP contribution in [0.2, 0.25) is 0 Å². The molecule has 0 saturated carbocycles. The zero-order chi connectivity index (χ0) is 15.0. The molecule has 112 valence electrons. The van der Waals surface area contributed by atoms with E-state index in [-0.39, 0.29) is 25.5 Å². The summed E-state index contributed by atoms with van der Waals surface area (Å²) in [4.78, 5) is 14.7. The minimum absolute atomic E-state index is 0.0889. The Bertz CT molecular complexity index is 677. The summed E-state index contributed by atoms with van der Waals surface area (Å²) in [7, 11) is 0. The molecule has 1 aromatic heterocycles. The van der Waals surface area contributed by atoms with Crippen LogP contribution >= 0.6 is 0 Å². The molecule has 1 fully saturated rings. The second-order valence-corrected chi connectivity index (χ2v) is 5.13. The number of carbonyl (C=O) groups is 1. The van der Waals surface area contributed by atoms with Crippen LogP contribution in [-0.4, -0.2) is 34.9 Å². The van der Waals surface area contributed by atoms with Crippen LogP contribution in [0.15, 0.2) is 24.4 Å².